The largest absolute Gasteiger partial charge is 0.391 e. The van der Waals surface area contributed by atoms with Crippen molar-refractivity contribution in [2.45, 2.75) is 18.9 Å². The number of carbonyl (C=O) groups is 1. The molecule has 0 saturated carbocycles. The number of pyridine rings is 1. The van der Waals surface area contributed by atoms with E-state index in [0.717, 1.165) is 35.1 Å². The summed E-state index contributed by atoms with van der Waals surface area (Å²) in [5.41, 5.74) is 2.88. The number of β-amino-alcohol motifs (C(OH)–C–C–N with tert-alkyl or cyclic N) is 1. The SMILES string of the molecule is O=C(c1cnc2c(ccn2-c2cc(Cl)cc(-c3ncn[nH]3)c2)c1)N1CCC[C@@H](O)C1. The van der Waals surface area contributed by atoms with Crippen LogP contribution in [0.15, 0.2) is 49.1 Å². The normalized spacial score (nSPS) is 16.9. The number of likely N-dealkylation sites (tertiary alicyclic amines) is 1. The fraction of sp³-hybridized carbons (Fsp3) is 0.238. The number of aromatic nitrogens is 5. The zero-order valence-electron chi connectivity index (χ0n) is 16.0. The molecule has 1 fully saturated rings. The molecule has 2 N–H and O–H groups in total. The molecule has 1 atom stereocenters. The molecular weight excluding hydrogens is 404 g/mol. The van der Waals surface area contributed by atoms with Gasteiger partial charge in [0, 0.05) is 47.1 Å². The Hall–Kier alpha value is -3.23. The maximum atomic E-state index is 12.8. The second-order valence-corrected chi connectivity index (χ2v) is 7.84. The van der Waals surface area contributed by atoms with Gasteiger partial charge in [0.05, 0.1) is 11.7 Å². The van der Waals surface area contributed by atoms with Crippen molar-refractivity contribution < 1.29 is 9.90 Å². The molecule has 30 heavy (non-hydrogen) atoms. The predicted molar refractivity (Wildman–Crippen MR) is 113 cm³/mol. The van der Waals surface area contributed by atoms with Crippen LogP contribution in [0.3, 0.4) is 0 Å². The summed E-state index contributed by atoms with van der Waals surface area (Å²) in [6.07, 6.45) is 6.02. The molecule has 9 heteroatoms. The van der Waals surface area contributed by atoms with Crippen molar-refractivity contribution in [3.8, 4) is 17.1 Å². The topological polar surface area (TPSA) is 99.9 Å². The summed E-state index contributed by atoms with van der Waals surface area (Å²) in [7, 11) is 0. The number of carbonyl (C=O) groups excluding carboxylic acids is 1. The lowest BCUT2D eigenvalue weighted by Gasteiger charge is -2.30. The molecule has 0 aliphatic carbocycles. The van der Waals surface area contributed by atoms with Crippen molar-refractivity contribution in [3.63, 3.8) is 0 Å². The summed E-state index contributed by atoms with van der Waals surface area (Å²) in [4.78, 5) is 23.2. The molecule has 0 unspecified atom stereocenters. The Morgan fingerprint density at radius 1 is 1.23 bits per heavy atom. The third-order valence-corrected chi connectivity index (χ3v) is 5.52. The van der Waals surface area contributed by atoms with E-state index in [2.05, 4.69) is 20.2 Å². The Balaban J connectivity index is 1.50. The summed E-state index contributed by atoms with van der Waals surface area (Å²) in [5.74, 6) is 0.519. The molecule has 0 radical (unpaired) electrons. The number of benzene rings is 1. The van der Waals surface area contributed by atoms with E-state index in [4.69, 9.17) is 11.6 Å². The number of aromatic amines is 1. The van der Waals surface area contributed by atoms with Crippen LogP contribution in [0.1, 0.15) is 23.2 Å². The first-order valence-electron chi connectivity index (χ1n) is 9.69. The Labute approximate surface area is 177 Å². The number of piperidine rings is 1. The Kier molecular flexibility index (Phi) is 4.72. The van der Waals surface area contributed by atoms with Crippen LogP contribution in [-0.4, -0.2) is 59.8 Å². The first kappa shape index (κ1) is 18.8. The van der Waals surface area contributed by atoms with E-state index in [1.807, 2.05) is 41.1 Å². The Bertz CT molecular complexity index is 1220. The van der Waals surface area contributed by atoms with Gasteiger partial charge >= 0.3 is 0 Å². The fourth-order valence-electron chi connectivity index (χ4n) is 3.87. The van der Waals surface area contributed by atoms with Crippen LogP contribution in [0.25, 0.3) is 28.1 Å². The molecule has 4 heterocycles. The lowest BCUT2D eigenvalue weighted by atomic mass is 10.1. The molecule has 0 spiro atoms. The molecule has 3 aromatic heterocycles. The molecular formula is C21H19ClN6O2. The van der Waals surface area contributed by atoms with E-state index >= 15 is 0 Å². The van der Waals surface area contributed by atoms with Crippen LogP contribution >= 0.6 is 11.6 Å². The third kappa shape index (κ3) is 3.44. The van der Waals surface area contributed by atoms with Crippen molar-refractivity contribution >= 4 is 28.5 Å². The first-order chi connectivity index (χ1) is 14.6. The van der Waals surface area contributed by atoms with E-state index in [1.54, 1.807) is 11.1 Å². The molecule has 8 nitrogen and oxygen atoms in total. The average Bonchev–Trinajstić information content (AvgIpc) is 3.42. The highest BCUT2D eigenvalue weighted by Crippen LogP contribution is 2.27. The molecule has 4 aromatic rings. The van der Waals surface area contributed by atoms with E-state index in [-0.39, 0.29) is 5.91 Å². The number of nitrogens with zero attached hydrogens (tertiary/aromatic N) is 5. The molecule has 1 aliphatic heterocycles. The van der Waals surface area contributed by atoms with Gasteiger partial charge in [-0.05, 0) is 43.2 Å². The van der Waals surface area contributed by atoms with Gasteiger partial charge in [-0.15, -0.1) is 0 Å². The summed E-state index contributed by atoms with van der Waals surface area (Å²) in [5, 5.41) is 18.0. The number of rotatable bonds is 3. The molecule has 0 bridgehead atoms. The van der Waals surface area contributed by atoms with E-state index in [9.17, 15) is 9.90 Å². The third-order valence-electron chi connectivity index (χ3n) is 5.31. The summed E-state index contributed by atoms with van der Waals surface area (Å²) in [6, 6.07) is 9.36. The van der Waals surface area contributed by atoms with Gasteiger partial charge in [0.2, 0.25) is 0 Å². The summed E-state index contributed by atoms with van der Waals surface area (Å²) < 4.78 is 1.92. The molecule has 1 aliphatic rings. The van der Waals surface area contributed by atoms with Gasteiger partial charge in [0.1, 0.15) is 12.0 Å². The van der Waals surface area contributed by atoms with Crippen LogP contribution in [0.4, 0.5) is 0 Å². The van der Waals surface area contributed by atoms with Crippen molar-refractivity contribution in [1.29, 1.82) is 0 Å². The maximum absolute atomic E-state index is 12.8. The van der Waals surface area contributed by atoms with Gasteiger partial charge in [0.15, 0.2) is 5.82 Å². The Morgan fingerprint density at radius 3 is 2.93 bits per heavy atom. The number of hydrogen-bond donors (Lipinski definition) is 2. The van der Waals surface area contributed by atoms with Crippen molar-refractivity contribution in [1.82, 2.24) is 29.6 Å². The van der Waals surface area contributed by atoms with Gasteiger partial charge in [-0.3, -0.25) is 9.89 Å². The minimum atomic E-state index is -0.457. The maximum Gasteiger partial charge on any atom is 0.255 e. The molecule has 152 valence electrons. The molecule has 1 aromatic carbocycles. The van der Waals surface area contributed by atoms with Gasteiger partial charge < -0.3 is 14.6 Å². The highest BCUT2D eigenvalue weighted by molar-refractivity contribution is 6.31. The van der Waals surface area contributed by atoms with E-state index < -0.39 is 6.10 Å². The average molecular weight is 423 g/mol. The Morgan fingerprint density at radius 2 is 2.13 bits per heavy atom. The lowest BCUT2D eigenvalue weighted by Crippen LogP contribution is -2.42. The highest BCUT2D eigenvalue weighted by Gasteiger charge is 2.23. The van der Waals surface area contributed by atoms with Crippen molar-refractivity contribution in [2.75, 3.05) is 13.1 Å². The second-order valence-electron chi connectivity index (χ2n) is 7.40. The number of hydrogen-bond acceptors (Lipinski definition) is 5. The molecule has 1 saturated heterocycles. The van der Waals surface area contributed by atoms with E-state index in [0.29, 0.717) is 29.5 Å². The number of halogens is 1. The number of amides is 1. The van der Waals surface area contributed by atoms with Crippen LogP contribution in [-0.2, 0) is 0 Å². The highest BCUT2D eigenvalue weighted by atomic mass is 35.5. The summed E-state index contributed by atoms with van der Waals surface area (Å²) in [6.45, 7) is 1.02. The summed E-state index contributed by atoms with van der Waals surface area (Å²) >= 11 is 6.33. The molecule has 5 rings (SSSR count). The van der Waals surface area contributed by atoms with Crippen LogP contribution in [0.2, 0.25) is 5.02 Å². The number of fused-ring (bicyclic) bond motifs is 1. The monoisotopic (exact) mass is 422 g/mol. The smallest absolute Gasteiger partial charge is 0.255 e. The van der Waals surface area contributed by atoms with Crippen LogP contribution < -0.4 is 0 Å². The zero-order valence-corrected chi connectivity index (χ0v) is 16.8. The number of H-pyrrole nitrogens is 1. The quantitative estimate of drug-likeness (QED) is 0.528. The minimum Gasteiger partial charge on any atom is -0.391 e. The lowest BCUT2D eigenvalue weighted by molar-refractivity contribution is 0.0473. The van der Waals surface area contributed by atoms with Crippen LogP contribution in [0, 0.1) is 0 Å². The van der Waals surface area contributed by atoms with Crippen molar-refractivity contribution in [3.05, 3.63) is 59.6 Å². The minimum absolute atomic E-state index is 0.105. The fourth-order valence-corrected chi connectivity index (χ4v) is 4.09. The van der Waals surface area contributed by atoms with Crippen molar-refractivity contribution in [2.24, 2.45) is 0 Å². The predicted octanol–water partition coefficient (Wildman–Crippen LogP) is 3.06. The van der Waals surface area contributed by atoms with Gasteiger partial charge in [-0.25, -0.2) is 9.97 Å². The first-order valence-corrected chi connectivity index (χ1v) is 10.1. The standard InChI is InChI=1S/C21H19ClN6O2/c22-16-7-14(19-24-12-25-26-19)8-17(9-16)28-5-3-13-6-15(10-23-20(13)28)21(30)27-4-1-2-18(29)11-27/h3,5-10,12,18,29H,1-2,4,11H2,(H,24,25,26)/t18-/m1/s1. The second kappa shape index (κ2) is 7.55. The zero-order chi connectivity index (χ0) is 20.7. The van der Waals surface area contributed by atoms with Gasteiger partial charge in [0.25, 0.3) is 5.91 Å². The van der Waals surface area contributed by atoms with Gasteiger partial charge in [-0.2, -0.15) is 5.10 Å². The van der Waals surface area contributed by atoms with E-state index in [1.165, 1.54) is 6.33 Å². The number of aliphatic hydroxyl groups is 1. The molecule has 1 amide bonds. The van der Waals surface area contributed by atoms with Crippen LogP contribution in [0.5, 0.6) is 0 Å². The number of aliphatic hydroxyl groups excluding tert-OH is 1. The van der Waals surface area contributed by atoms with Gasteiger partial charge in [-0.1, -0.05) is 11.6 Å². The number of nitrogens with one attached hydrogen (secondary N) is 1.